The maximum absolute atomic E-state index is 13.4. The lowest BCUT2D eigenvalue weighted by Crippen LogP contribution is -2.51. The van der Waals surface area contributed by atoms with Gasteiger partial charge in [0.15, 0.2) is 0 Å². The molecular weight excluding hydrogens is 560 g/mol. The van der Waals surface area contributed by atoms with Crippen LogP contribution in [0.2, 0.25) is 0 Å². The molecular formula is C26H27BrN4O3S2. The number of methoxy groups -OCH3 is 1. The van der Waals surface area contributed by atoms with E-state index in [-0.39, 0.29) is 17.9 Å². The van der Waals surface area contributed by atoms with Gasteiger partial charge < -0.3 is 19.9 Å². The lowest BCUT2D eigenvalue weighted by atomic mass is 10.0. The van der Waals surface area contributed by atoms with Crippen LogP contribution in [0.5, 0.6) is 0 Å². The number of ether oxygens (including phenoxy) is 1. The molecule has 4 heterocycles. The molecule has 36 heavy (non-hydrogen) atoms. The van der Waals surface area contributed by atoms with Crippen molar-refractivity contribution in [3.8, 4) is 22.4 Å². The fourth-order valence-corrected chi connectivity index (χ4v) is 7.73. The molecule has 2 amide bonds. The van der Waals surface area contributed by atoms with E-state index in [9.17, 15) is 9.59 Å². The zero-order valence-corrected chi connectivity index (χ0v) is 23.4. The standard InChI is InChI=1S/C26H27BrN4O3S2/c1-14(2)21(30-26(33)34-3)25(32)31-10-4-5-20(31)24-28-11-19(29-24)16-8-6-15(7-9-16)17-12-35-23-18(27)13-36-22(17)23/h6-9,11-14,20-21H,4-5,10H2,1-3H3,(H,28,29)(H,30,33)/t20-,21-/m0/s1. The number of carbonyl (C=O) groups is 2. The number of likely N-dealkylation sites (tertiary alicyclic amines) is 1. The fourth-order valence-electron chi connectivity index (χ4n) is 4.67. The van der Waals surface area contributed by atoms with E-state index in [4.69, 9.17) is 4.74 Å². The number of halogens is 1. The third-order valence-electron chi connectivity index (χ3n) is 6.59. The predicted molar refractivity (Wildman–Crippen MR) is 148 cm³/mol. The number of nitrogens with zero attached hydrogens (tertiary/aromatic N) is 2. The van der Waals surface area contributed by atoms with Crippen LogP contribution in [-0.4, -0.2) is 46.6 Å². The summed E-state index contributed by atoms with van der Waals surface area (Å²) in [4.78, 5) is 35.1. The summed E-state index contributed by atoms with van der Waals surface area (Å²) < 4.78 is 8.46. The summed E-state index contributed by atoms with van der Waals surface area (Å²) in [6.45, 7) is 4.46. The zero-order valence-electron chi connectivity index (χ0n) is 20.2. The van der Waals surface area contributed by atoms with Gasteiger partial charge in [0.1, 0.15) is 11.9 Å². The molecule has 7 nitrogen and oxygen atoms in total. The van der Waals surface area contributed by atoms with Crippen molar-refractivity contribution in [1.82, 2.24) is 20.2 Å². The van der Waals surface area contributed by atoms with Crippen LogP contribution in [-0.2, 0) is 9.53 Å². The van der Waals surface area contributed by atoms with E-state index in [0.717, 1.165) is 34.4 Å². The Morgan fingerprint density at radius 1 is 1.17 bits per heavy atom. The number of aromatic nitrogens is 2. The Kier molecular flexibility index (Phi) is 7.18. The monoisotopic (exact) mass is 586 g/mol. The number of carbonyl (C=O) groups excluding carboxylic acids is 2. The number of nitrogens with one attached hydrogen (secondary N) is 2. The average Bonchev–Trinajstić information content (AvgIpc) is 3.67. The molecule has 4 aromatic rings. The molecule has 0 aliphatic carbocycles. The largest absolute Gasteiger partial charge is 0.453 e. The molecule has 0 radical (unpaired) electrons. The molecule has 5 rings (SSSR count). The molecule has 1 aromatic carbocycles. The summed E-state index contributed by atoms with van der Waals surface area (Å²) in [6.07, 6.45) is 2.94. The first-order chi connectivity index (χ1) is 17.4. The summed E-state index contributed by atoms with van der Waals surface area (Å²) in [5, 5.41) is 7.04. The van der Waals surface area contributed by atoms with Crippen molar-refractivity contribution >= 4 is 60.0 Å². The Morgan fingerprint density at radius 3 is 2.61 bits per heavy atom. The molecule has 0 saturated carbocycles. The van der Waals surface area contributed by atoms with Gasteiger partial charge in [0.2, 0.25) is 5.91 Å². The third kappa shape index (κ3) is 4.69. The van der Waals surface area contributed by atoms with Crippen molar-refractivity contribution < 1.29 is 14.3 Å². The minimum Gasteiger partial charge on any atom is -0.453 e. The van der Waals surface area contributed by atoms with E-state index in [0.29, 0.717) is 6.54 Å². The molecule has 188 valence electrons. The minimum absolute atomic E-state index is 0.0664. The Morgan fingerprint density at radius 2 is 1.89 bits per heavy atom. The van der Waals surface area contributed by atoms with Crippen LogP contribution in [0.1, 0.15) is 38.6 Å². The quantitative estimate of drug-likeness (QED) is 0.259. The number of amides is 2. The molecule has 1 saturated heterocycles. The van der Waals surface area contributed by atoms with Crippen molar-refractivity contribution in [2.45, 2.75) is 38.8 Å². The lowest BCUT2D eigenvalue weighted by molar-refractivity contribution is -0.135. The normalized spacial score (nSPS) is 16.6. The lowest BCUT2D eigenvalue weighted by Gasteiger charge is -2.30. The van der Waals surface area contributed by atoms with Crippen molar-refractivity contribution in [1.29, 1.82) is 0 Å². The SMILES string of the molecule is COC(=O)N[C@H](C(=O)N1CCC[C@H]1c1ncc(-c2ccc(-c3csc4c(Br)csc34)cc2)[nH]1)C(C)C. The number of aromatic amines is 1. The van der Waals surface area contributed by atoms with Crippen molar-refractivity contribution in [2.24, 2.45) is 5.92 Å². The van der Waals surface area contributed by atoms with Gasteiger partial charge >= 0.3 is 6.09 Å². The van der Waals surface area contributed by atoms with Gasteiger partial charge in [-0.15, -0.1) is 22.7 Å². The smallest absolute Gasteiger partial charge is 0.407 e. The third-order valence-corrected chi connectivity index (χ3v) is 9.93. The molecule has 0 bridgehead atoms. The van der Waals surface area contributed by atoms with Crippen LogP contribution < -0.4 is 5.32 Å². The summed E-state index contributed by atoms with van der Waals surface area (Å²) in [5.74, 6) is 0.592. The summed E-state index contributed by atoms with van der Waals surface area (Å²) in [6, 6.07) is 7.69. The van der Waals surface area contributed by atoms with E-state index >= 15 is 0 Å². The molecule has 1 aliphatic rings. The number of rotatable bonds is 6. The highest BCUT2D eigenvalue weighted by Gasteiger charge is 2.37. The number of hydrogen-bond donors (Lipinski definition) is 2. The van der Waals surface area contributed by atoms with Crippen LogP contribution in [0, 0.1) is 5.92 Å². The number of imidazole rings is 1. The second-order valence-electron chi connectivity index (χ2n) is 9.20. The molecule has 0 spiro atoms. The van der Waals surface area contributed by atoms with Crippen LogP contribution >= 0.6 is 38.6 Å². The van der Waals surface area contributed by atoms with E-state index in [1.54, 1.807) is 22.7 Å². The molecule has 1 aliphatic heterocycles. The zero-order chi connectivity index (χ0) is 25.4. The number of benzene rings is 1. The number of hydrogen-bond acceptors (Lipinski definition) is 6. The van der Waals surface area contributed by atoms with Crippen LogP contribution in [0.15, 0.2) is 45.7 Å². The summed E-state index contributed by atoms with van der Waals surface area (Å²) in [5.41, 5.74) is 4.39. The highest BCUT2D eigenvalue weighted by atomic mass is 79.9. The minimum atomic E-state index is -0.646. The number of H-pyrrole nitrogens is 1. The van der Waals surface area contributed by atoms with Crippen LogP contribution in [0.4, 0.5) is 4.79 Å². The number of thiophene rings is 2. The van der Waals surface area contributed by atoms with Crippen molar-refractivity contribution in [2.75, 3.05) is 13.7 Å². The first-order valence-electron chi connectivity index (χ1n) is 11.8. The molecule has 3 aromatic heterocycles. The molecule has 2 atom stereocenters. The van der Waals surface area contributed by atoms with Gasteiger partial charge in [0.05, 0.1) is 34.4 Å². The predicted octanol–water partition coefficient (Wildman–Crippen LogP) is 6.83. The molecule has 0 unspecified atom stereocenters. The Bertz CT molecular complexity index is 1390. The van der Waals surface area contributed by atoms with Gasteiger partial charge in [0.25, 0.3) is 0 Å². The first kappa shape index (κ1) is 25.0. The maximum atomic E-state index is 13.4. The van der Waals surface area contributed by atoms with E-state index in [1.807, 2.05) is 24.9 Å². The van der Waals surface area contributed by atoms with Gasteiger partial charge in [-0.3, -0.25) is 4.79 Å². The molecule has 10 heteroatoms. The Balaban J connectivity index is 1.34. The van der Waals surface area contributed by atoms with E-state index in [2.05, 4.69) is 66.2 Å². The van der Waals surface area contributed by atoms with Crippen molar-refractivity contribution in [3.63, 3.8) is 0 Å². The number of alkyl carbamates (subject to hydrolysis) is 1. The highest BCUT2D eigenvalue weighted by Crippen LogP contribution is 2.42. The van der Waals surface area contributed by atoms with Gasteiger partial charge in [-0.25, -0.2) is 9.78 Å². The highest BCUT2D eigenvalue weighted by molar-refractivity contribution is 9.10. The second-order valence-corrected chi connectivity index (χ2v) is 11.8. The topological polar surface area (TPSA) is 87.3 Å². The number of fused-ring (bicyclic) bond motifs is 1. The van der Waals surface area contributed by atoms with Gasteiger partial charge in [0, 0.05) is 27.3 Å². The van der Waals surface area contributed by atoms with Gasteiger partial charge in [-0.05, 0) is 45.8 Å². The van der Waals surface area contributed by atoms with Gasteiger partial charge in [-0.2, -0.15) is 0 Å². The first-order valence-corrected chi connectivity index (χ1v) is 14.4. The maximum Gasteiger partial charge on any atom is 0.407 e. The van der Waals surface area contributed by atoms with Gasteiger partial charge in [-0.1, -0.05) is 38.1 Å². The Hall–Kier alpha value is -2.69. The Labute approximate surface area is 226 Å². The van der Waals surface area contributed by atoms with Crippen LogP contribution in [0.3, 0.4) is 0 Å². The summed E-state index contributed by atoms with van der Waals surface area (Å²) >= 11 is 7.14. The average molecular weight is 588 g/mol. The van der Waals surface area contributed by atoms with E-state index in [1.165, 1.54) is 27.6 Å². The molecule has 1 fully saturated rings. The van der Waals surface area contributed by atoms with Crippen molar-refractivity contribution in [3.05, 3.63) is 51.5 Å². The van der Waals surface area contributed by atoms with Crippen LogP contribution in [0.25, 0.3) is 31.8 Å². The summed E-state index contributed by atoms with van der Waals surface area (Å²) in [7, 11) is 1.30. The van der Waals surface area contributed by atoms with E-state index < -0.39 is 12.1 Å². The second kappa shape index (κ2) is 10.4. The fraction of sp³-hybridized carbons (Fsp3) is 0.346. The molecule has 2 N–H and O–H groups in total.